The summed E-state index contributed by atoms with van der Waals surface area (Å²) in [5, 5.41) is 8.59. The second-order valence-electron chi connectivity index (χ2n) is 7.06. The maximum Gasteiger partial charge on any atom is 0.490 e. The molecule has 0 bridgehead atoms. The van der Waals surface area contributed by atoms with Crippen molar-refractivity contribution in [2.24, 2.45) is 0 Å². The van der Waals surface area contributed by atoms with Gasteiger partial charge in [0, 0.05) is 25.1 Å². The molecule has 1 fully saturated rings. The SMILES string of the molecule is CC(C)(C)OC(=O)C(F)(F)F.O=C(O)Cc1cc(OC2CC(F)(F)C2)ccn1. The van der Waals surface area contributed by atoms with E-state index in [9.17, 15) is 31.5 Å². The summed E-state index contributed by atoms with van der Waals surface area (Å²) in [6, 6.07) is 2.99. The summed E-state index contributed by atoms with van der Waals surface area (Å²) in [6.45, 7) is 4.12. The second kappa shape index (κ2) is 8.70. The number of esters is 1. The Morgan fingerprint density at radius 2 is 1.82 bits per heavy atom. The Morgan fingerprint density at radius 3 is 2.21 bits per heavy atom. The Balaban J connectivity index is 0.000000311. The predicted octanol–water partition coefficient (Wildman–Crippen LogP) is 3.78. The van der Waals surface area contributed by atoms with Crippen molar-refractivity contribution in [3.8, 4) is 5.75 Å². The van der Waals surface area contributed by atoms with E-state index in [0.717, 1.165) is 0 Å². The fraction of sp³-hybridized carbons (Fsp3) is 0.588. The van der Waals surface area contributed by atoms with Gasteiger partial charge in [0.1, 0.15) is 17.5 Å². The van der Waals surface area contributed by atoms with Crippen molar-refractivity contribution in [1.29, 1.82) is 0 Å². The van der Waals surface area contributed by atoms with E-state index >= 15 is 0 Å². The van der Waals surface area contributed by atoms with Gasteiger partial charge in [0.25, 0.3) is 5.92 Å². The number of nitrogens with zero attached hydrogens (tertiary/aromatic N) is 1. The molecule has 1 saturated carbocycles. The number of hydrogen-bond donors (Lipinski definition) is 1. The second-order valence-corrected chi connectivity index (χ2v) is 7.06. The molecule has 1 N–H and O–H groups in total. The van der Waals surface area contributed by atoms with Crippen LogP contribution in [0.5, 0.6) is 5.75 Å². The summed E-state index contributed by atoms with van der Waals surface area (Å²) in [5.74, 6) is -5.38. The lowest BCUT2D eigenvalue weighted by Crippen LogP contribution is -2.43. The smallest absolute Gasteiger partial charge is 0.490 e. The molecule has 1 aliphatic rings. The average Bonchev–Trinajstić information content (AvgIpc) is 2.42. The lowest BCUT2D eigenvalue weighted by atomic mass is 9.91. The largest absolute Gasteiger partial charge is 0.490 e. The third-order valence-corrected chi connectivity index (χ3v) is 3.11. The first-order valence-electron chi connectivity index (χ1n) is 8.09. The number of hydrogen-bond acceptors (Lipinski definition) is 5. The zero-order valence-electron chi connectivity index (χ0n) is 15.3. The average molecular weight is 413 g/mol. The molecule has 2 rings (SSSR count). The lowest BCUT2D eigenvalue weighted by Gasteiger charge is -2.34. The number of carbonyl (C=O) groups is 2. The van der Waals surface area contributed by atoms with Crippen molar-refractivity contribution in [1.82, 2.24) is 4.98 Å². The maximum atomic E-state index is 12.6. The van der Waals surface area contributed by atoms with Gasteiger partial charge in [-0.15, -0.1) is 0 Å². The number of aliphatic carboxylic acids is 1. The first-order chi connectivity index (χ1) is 12.6. The van der Waals surface area contributed by atoms with Gasteiger partial charge in [-0.05, 0) is 26.8 Å². The molecule has 0 unspecified atom stereocenters. The highest BCUT2D eigenvalue weighted by Crippen LogP contribution is 2.39. The molecule has 0 aliphatic heterocycles. The number of halogens is 5. The minimum absolute atomic E-state index is 0.210. The van der Waals surface area contributed by atoms with Gasteiger partial charge in [-0.25, -0.2) is 13.6 Å². The van der Waals surface area contributed by atoms with Crippen LogP contribution in [-0.4, -0.2) is 45.8 Å². The number of ether oxygens (including phenoxy) is 2. The van der Waals surface area contributed by atoms with Crippen molar-refractivity contribution in [2.75, 3.05) is 0 Å². The molecule has 1 heterocycles. The van der Waals surface area contributed by atoms with Gasteiger partial charge in [0.05, 0.1) is 12.1 Å². The van der Waals surface area contributed by atoms with E-state index in [0.29, 0.717) is 11.4 Å². The van der Waals surface area contributed by atoms with Crippen molar-refractivity contribution in [3.63, 3.8) is 0 Å². The summed E-state index contributed by atoms with van der Waals surface area (Å²) in [4.78, 5) is 24.5. The van der Waals surface area contributed by atoms with Gasteiger partial charge in [0.2, 0.25) is 0 Å². The number of aromatic nitrogens is 1. The minimum atomic E-state index is -4.90. The van der Waals surface area contributed by atoms with Crippen LogP contribution in [0.1, 0.15) is 39.3 Å². The van der Waals surface area contributed by atoms with Gasteiger partial charge >= 0.3 is 18.1 Å². The van der Waals surface area contributed by atoms with E-state index in [2.05, 4.69) is 9.72 Å². The van der Waals surface area contributed by atoms with E-state index < -0.39 is 35.7 Å². The minimum Gasteiger partial charge on any atom is -0.490 e. The van der Waals surface area contributed by atoms with Crippen LogP contribution in [0.15, 0.2) is 18.3 Å². The topological polar surface area (TPSA) is 85.7 Å². The summed E-state index contributed by atoms with van der Waals surface area (Å²) >= 11 is 0. The number of carboxylic acid groups (broad SMARTS) is 1. The van der Waals surface area contributed by atoms with E-state index in [1.54, 1.807) is 0 Å². The van der Waals surface area contributed by atoms with E-state index in [1.807, 2.05) is 0 Å². The van der Waals surface area contributed by atoms with Crippen molar-refractivity contribution < 1.29 is 46.1 Å². The number of pyridine rings is 1. The van der Waals surface area contributed by atoms with Crippen molar-refractivity contribution in [3.05, 3.63) is 24.0 Å². The van der Waals surface area contributed by atoms with Crippen molar-refractivity contribution >= 4 is 11.9 Å². The summed E-state index contributed by atoms with van der Waals surface area (Å²) in [6.07, 6.45) is -4.77. The third kappa shape index (κ3) is 8.96. The molecule has 6 nitrogen and oxygen atoms in total. The summed E-state index contributed by atoms with van der Waals surface area (Å²) in [7, 11) is 0. The molecule has 0 aromatic carbocycles. The summed E-state index contributed by atoms with van der Waals surface area (Å²) in [5.41, 5.74) is -0.742. The normalized spacial score (nSPS) is 16.3. The van der Waals surface area contributed by atoms with Gasteiger partial charge in [-0.2, -0.15) is 13.2 Å². The monoisotopic (exact) mass is 413 g/mol. The van der Waals surface area contributed by atoms with Gasteiger partial charge < -0.3 is 14.6 Å². The predicted molar refractivity (Wildman–Crippen MR) is 86.1 cm³/mol. The zero-order chi connectivity index (χ0) is 21.8. The molecule has 0 radical (unpaired) electrons. The standard InChI is InChI=1S/C11H11F2NO3.C6H9F3O2/c12-11(13)5-9(6-11)17-8-1-2-14-7(3-8)4-10(15)16;1-5(2,3)11-4(10)6(7,8)9/h1-3,9H,4-6H2,(H,15,16);1-3H3. The maximum absolute atomic E-state index is 12.6. The van der Waals surface area contributed by atoms with Crippen LogP contribution in [0.4, 0.5) is 22.0 Å². The fourth-order valence-corrected chi connectivity index (χ4v) is 2.00. The van der Waals surface area contributed by atoms with Gasteiger partial charge in [0.15, 0.2) is 0 Å². The highest BCUT2D eigenvalue weighted by Gasteiger charge is 2.47. The van der Waals surface area contributed by atoms with Crippen LogP contribution in [0.3, 0.4) is 0 Å². The van der Waals surface area contributed by atoms with E-state index in [1.165, 1.54) is 39.1 Å². The molecule has 1 aromatic heterocycles. The van der Waals surface area contributed by atoms with Crippen LogP contribution in [0.25, 0.3) is 0 Å². The molecule has 11 heteroatoms. The fourth-order valence-electron chi connectivity index (χ4n) is 2.00. The Kier molecular flexibility index (Phi) is 7.32. The Labute approximate surface area is 157 Å². The Morgan fingerprint density at radius 1 is 1.25 bits per heavy atom. The third-order valence-electron chi connectivity index (χ3n) is 3.11. The molecule has 0 saturated heterocycles. The molecule has 1 aliphatic carbocycles. The molecule has 0 atom stereocenters. The highest BCUT2D eigenvalue weighted by molar-refractivity contribution is 5.76. The summed E-state index contributed by atoms with van der Waals surface area (Å²) < 4.78 is 69.0. The molecule has 158 valence electrons. The van der Waals surface area contributed by atoms with Crippen LogP contribution in [0, 0.1) is 0 Å². The molecule has 1 aromatic rings. The van der Waals surface area contributed by atoms with Crippen LogP contribution >= 0.6 is 0 Å². The molecule has 28 heavy (non-hydrogen) atoms. The van der Waals surface area contributed by atoms with E-state index in [4.69, 9.17) is 9.84 Å². The Hall–Kier alpha value is -2.46. The first-order valence-corrected chi connectivity index (χ1v) is 8.09. The van der Waals surface area contributed by atoms with Crippen LogP contribution < -0.4 is 4.74 Å². The van der Waals surface area contributed by atoms with Gasteiger partial charge in [-0.1, -0.05) is 0 Å². The first kappa shape index (κ1) is 23.6. The lowest BCUT2D eigenvalue weighted by molar-refractivity contribution is -0.210. The number of carboxylic acids is 1. The number of alkyl halides is 5. The quantitative estimate of drug-likeness (QED) is 0.597. The molecular weight excluding hydrogens is 393 g/mol. The Bertz CT molecular complexity index is 692. The number of carbonyl (C=O) groups excluding carboxylic acids is 1. The molecule has 0 amide bonds. The van der Waals surface area contributed by atoms with Crippen molar-refractivity contribution in [2.45, 2.75) is 63.8 Å². The number of rotatable bonds is 4. The highest BCUT2D eigenvalue weighted by atomic mass is 19.4. The van der Waals surface area contributed by atoms with Gasteiger partial charge in [-0.3, -0.25) is 9.78 Å². The molecular formula is C17H20F5NO5. The van der Waals surface area contributed by atoms with E-state index in [-0.39, 0.29) is 19.3 Å². The van der Waals surface area contributed by atoms with Crippen LogP contribution in [0.2, 0.25) is 0 Å². The zero-order valence-corrected chi connectivity index (χ0v) is 15.3. The molecule has 0 spiro atoms. The van der Waals surface area contributed by atoms with Crippen LogP contribution in [-0.2, 0) is 20.7 Å².